The van der Waals surface area contributed by atoms with Gasteiger partial charge in [0, 0.05) is 17.4 Å². The van der Waals surface area contributed by atoms with E-state index in [-0.39, 0.29) is 6.04 Å². The smallest absolute Gasteiger partial charge is 0.0497 e. The van der Waals surface area contributed by atoms with E-state index in [1.807, 2.05) is 0 Å². The molecule has 0 spiro atoms. The van der Waals surface area contributed by atoms with Crippen LogP contribution in [0.15, 0.2) is 121 Å². The zero-order valence-corrected chi connectivity index (χ0v) is 17.2. The van der Waals surface area contributed by atoms with Crippen molar-refractivity contribution >= 4 is 11.3 Å². The van der Waals surface area contributed by atoms with Crippen molar-refractivity contribution in [1.82, 2.24) is 0 Å². The standard InChI is InChI=1S/C28H27N/c1-21-11-10-12-24(19-21)25-18-17-23(3)29(26-13-6-4-7-14-26)28-16-9-5-8-15-27(28)22(2)20-25/h4-14,16-20,23H,2,15H2,1,3H3/b18-17-,25-20+. The number of nitrogens with zero attached hydrogens (tertiary/aromatic N) is 1. The molecule has 29 heavy (non-hydrogen) atoms. The molecule has 2 aliphatic rings. The third-order valence-electron chi connectivity index (χ3n) is 5.46. The average molecular weight is 378 g/mol. The highest BCUT2D eigenvalue weighted by Crippen LogP contribution is 2.34. The Morgan fingerprint density at radius 1 is 0.966 bits per heavy atom. The van der Waals surface area contributed by atoms with Crippen LogP contribution in [0.5, 0.6) is 0 Å². The first kappa shape index (κ1) is 19.0. The molecule has 1 nitrogen and oxygen atoms in total. The molecule has 2 aromatic carbocycles. The number of aryl methyl sites for hydroxylation is 1. The predicted octanol–water partition coefficient (Wildman–Crippen LogP) is 7.17. The minimum Gasteiger partial charge on any atom is -0.335 e. The van der Waals surface area contributed by atoms with Gasteiger partial charge in [-0.2, -0.15) is 0 Å². The first-order valence-electron chi connectivity index (χ1n) is 10.2. The van der Waals surface area contributed by atoms with Crippen LogP contribution in [0.4, 0.5) is 5.69 Å². The number of hydrogen-bond acceptors (Lipinski definition) is 1. The van der Waals surface area contributed by atoms with Crippen LogP contribution in [0.25, 0.3) is 5.57 Å². The highest BCUT2D eigenvalue weighted by Gasteiger charge is 2.21. The van der Waals surface area contributed by atoms with Gasteiger partial charge in [0.15, 0.2) is 0 Å². The molecule has 1 heterocycles. The van der Waals surface area contributed by atoms with Gasteiger partial charge >= 0.3 is 0 Å². The second-order valence-corrected chi connectivity index (χ2v) is 7.65. The van der Waals surface area contributed by atoms with Gasteiger partial charge in [0.1, 0.15) is 0 Å². The predicted molar refractivity (Wildman–Crippen MR) is 126 cm³/mol. The van der Waals surface area contributed by atoms with E-state index in [4.69, 9.17) is 0 Å². The molecule has 1 unspecified atom stereocenters. The van der Waals surface area contributed by atoms with Gasteiger partial charge in [-0.15, -0.1) is 0 Å². The van der Waals surface area contributed by atoms with Crippen LogP contribution < -0.4 is 4.90 Å². The Hall–Kier alpha value is -3.32. The van der Waals surface area contributed by atoms with Gasteiger partial charge in [-0.1, -0.05) is 85.0 Å². The fraction of sp³-hybridized carbons (Fsp3) is 0.143. The van der Waals surface area contributed by atoms with E-state index in [2.05, 4.69) is 122 Å². The van der Waals surface area contributed by atoms with Crippen LogP contribution in [-0.4, -0.2) is 6.04 Å². The van der Waals surface area contributed by atoms with E-state index in [9.17, 15) is 0 Å². The molecule has 0 saturated carbocycles. The molecule has 0 aromatic heterocycles. The van der Waals surface area contributed by atoms with E-state index >= 15 is 0 Å². The van der Waals surface area contributed by atoms with Crippen LogP contribution in [0.3, 0.4) is 0 Å². The summed E-state index contributed by atoms with van der Waals surface area (Å²) in [4.78, 5) is 2.41. The number of benzene rings is 2. The summed E-state index contributed by atoms with van der Waals surface area (Å²) in [5, 5.41) is 0. The zero-order chi connectivity index (χ0) is 20.2. The molecule has 0 N–H and O–H groups in total. The van der Waals surface area contributed by atoms with Gasteiger partial charge in [0.25, 0.3) is 0 Å². The fourth-order valence-corrected chi connectivity index (χ4v) is 3.98. The summed E-state index contributed by atoms with van der Waals surface area (Å²) >= 11 is 0. The quantitative estimate of drug-likeness (QED) is 0.536. The maximum atomic E-state index is 4.47. The van der Waals surface area contributed by atoms with Crippen LogP contribution in [0, 0.1) is 6.92 Å². The van der Waals surface area contributed by atoms with Gasteiger partial charge in [-0.3, -0.25) is 0 Å². The molecule has 1 aliphatic heterocycles. The third kappa shape index (κ3) is 4.09. The number of hydrogen-bond donors (Lipinski definition) is 0. The van der Waals surface area contributed by atoms with Crippen molar-refractivity contribution in [3.05, 3.63) is 132 Å². The van der Waals surface area contributed by atoms with E-state index in [0.29, 0.717) is 0 Å². The summed E-state index contributed by atoms with van der Waals surface area (Å²) in [5.74, 6) is 0. The lowest BCUT2D eigenvalue weighted by molar-refractivity contribution is 0.826. The summed E-state index contributed by atoms with van der Waals surface area (Å²) in [6.07, 6.45) is 16.3. The molecular weight excluding hydrogens is 350 g/mol. The Morgan fingerprint density at radius 3 is 2.59 bits per heavy atom. The van der Waals surface area contributed by atoms with Crippen molar-refractivity contribution in [3.63, 3.8) is 0 Å². The summed E-state index contributed by atoms with van der Waals surface area (Å²) in [6.45, 7) is 8.86. The Bertz CT molecular complexity index is 1060. The van der Waals surface area contributed by atoms with Crippen LogP contribution in [-0.2, 0) is 0 Å². The molecule has 144 valence electrons. The first-order chi connectivity index (χ1) is 14.1. The highest BCUT2D eigenvalue weighted by molar-refractivity contribution is 5.79. The Balaban J connectivity index is 1.89. The van der Waals surface area contributed by atoms with Gasteiger partial charge in [0.2, 0.25) is 0 Å². The monoisotopic (exact) mass is 377 g/mol. The number of allylic oxidation sites excluding steroid dienone is 9. The molecule has 0 amide bonds. The lowest BCUT2D eigenvalue weighted by Crippen LogP contribution is -2.31. The molecule has 1 aliphatic carbocycles. The Labute approximate surface area is 174 Å². The molecule has 0 bridgehead atoms. The molecule has 0 radical (unpaired) electrons. The highest BCUT2D eigenvalue weighted by atomic mass is 15.2. The van der Waals surface area contributed by atoms with E-state index in [1.165, 1.54) is 33.7 Å². The third-order valence-corrected chi connectivity index (χ3v) is 5.46. The fourth-order valence-electron chi connectivity index (χ4n) is 3.98. The molecular formula is C28H27N. The minimum absolute atomic E-state index is 0.198. The summed E-state index contributed by atoms with van der Waals surface area (Å²) in [7, 11) is 0. The van der Waals surface area contributed by atoms with Crippen molar-refractivity contribution in [3.8, 4) is 0 Å². The zero-order valence-electron chi connectivity index (χ0n) is 17.2. The Kier molecular flexibility index (Phi) is 5.48. The van der Waals surface area contributed by atoms with Crippen LogP contribution in [0.1, 0.15) is 24.5 Å². The molecule has 1 heteroatoms. The lowest BCUT2D eigenvalue weighted by Gasteiger charge is -2.32. The summed E-state index contributed by atoms with van der Waals surface area (Å²) < 4.78 is 0. The Morgan fingerprint density at radius 2 is 1.79 bits per heavy atom. The molecule has 2 aromatic rings. The van der Waals surface area contributed by atoms with Gasteiger partial charge in [-0.05, 0) is 66.8 Å². The summed E-state index contributed by atoms with van der Waals surface area (Å²) in [5.41, 5.74) is 8.42. The first-order valence-corrected chi connectivity index (χ1v) is 10.2. The molecule has 1 atom stereocenters. The SMILES string of the molecule is C=C1/C=C(c2cccc(C)c2)\C=C/C(C)N(c2ccccc2)C2=C1CC=CC=C2. The molecule has 4 rings (SSSR count). The average Bonchev–Trinajstić information content (AvgIpc) is 2.95. The lowest BCUT2D eigenvalue weighted by atomic mass is 9.96. The normalized spacial score (nSPS) is 22.1. The van der Waals surface area contributed by atoms with Gasteiger partial charge in [-0.25, -0.2) is 0 Å². The van der Waals surface area contributed by atoms with E-state index < -0.39 is 0 Å². The van der Waals surface area contributed by atoms with Gasteiger partial charge in [0.05, 0.1) is 0 Å². The number of anilines is 1. The van der Waals surface area contributed by atoms with E-state index in [1.54, 1.807) is 0 Å². The van der Waals surface area contributed by atoms with Crippen molar-refractivity contribution < 1.29 is 0 Å². The van der Waals surface area contributed by atoms with Crippen molar-refractivity contribution in [2.75, 3.05) is 4.90 Å². The summed E-state index contributed by atoms with van der Waals surface area (Å²) in [6, 6.07) is 19.5. The number of para-hydroxylation sites is 1. The van der Waals surface area contributed by atoms with Crippen molar-refractivity contribution in [2.24, 2.45) is 0 Å². The maximum absolute atomic E-state index is 4.47. The van der Waals surface area contributed by atoms with E-state index in [0.717, 1.165) is 12.0 Å². The van der Waals surface area contributed by atoms with Gasteiger partial charge < -0.3 is 4.90 Å². The molecule has 0 fully saturated rings. The molecule has 0 saturated heterocycles. The van der Waals surface area contributed by atoms with Crippen LogP contribution >= 0.6 is 0 Å². The second kappa shape index (κ2) is 8.36. The number of rotatable bonds is 2. The maximum Gasteiger partial charge on any atom is 0.0497 e. The second-order valence-electron chi connectivity index (χ2n) is 7.65. The van der Waals surface area contributed by atoms with Crippen LogP contribution in [0.2, 0.25) is 0 Å². The topological polar surface area (TPSA) is 3.24 Å². The van der Waals surface area contributed by atoms with Crippen molar-refractivity contribution in [1.29, 1.82) is 0 Å². The largest absolute Gasteiger partial charge is 0.335 e. The van der Waals surface area contributed by atoms with Crippen molar-refractivity contribution in [2.45, 2.75) is 26.3 Å². The minimum atomic E-state index is 0.198.